The summed E-state index contributed by atoms with van der Waals surface area (Å²) in [5.41, 5.74) is 1.98. The van der Waals surface area contributed by atoms with Crippen LogP contribution in [0.15, 0.2) is 20.0 Å². The number of halogens is 3. The molecule has 1 aliphatic heterocycles. The number of hydrogen-bond donors (Lipinski definition) is 2. The molecule has 0 bridgehead atoms. The first-order chi connectivity index (χ1) is 7.59. The minimum absolute atomic E-state index is 0.682. The first-order valence-electron chi connectivity index (χ1n) is 4.79. The second kappa shape index (κ2) is 4.94. The van der Waals surface area contributed by atoms with E-state index >= 15 is 0 Å². The quantitative estimate of drug-likeness (QED) is 0.745. The minimum Gasteiger partial charge on any atom is -0.354 e. The van der Waals surface area contributed by atoms with Crippen molar-refractivity contribution in [2.75, 3.05) is 18.4 Å². The predicted octanol–water partition coefficient (Wildman–Crippen LogP) is 3.54. The van der Waals surface area contributed by atoms with Gasteiger partial charge >= 0.3 is 0 Å². The van der Waals surface area contributed by atoms with E-state index in [0.717, 1.165) is 39.2 Å². The largest absolute Gasteiger partial charge is 0.354 e. The van der Waals surface area contributed by atoms with Gasteiger partial charge in [-0.2, -0.15) is 0 Å². The van der Waals surface area contributed by atoms with Gasteiger partial charge < -0.3 is 10.6 Å². The van der Waals surface area contributed by atoms with Crippen molar-refractivity contribution < 1.29 is 0 Å². The normalized spacial score (nSPS) is 14.6. The third-order valence-electron chi connectivity index (χ3n) is 2.26. The maximum atomic E-state index is 6.11. The summed E-state index contributed by atoms with van der Waals surface area (Å²) >= 11 is 13.1. The van der Waals surface area contributed by atoms with Gasteiger partial charge in [0.15, 0.2) is 5.96 Å². The maximum Gasteiger partial charge on any atom is 0.195 e. The summed E-state index contributed by atoms with van der Waals surface area (Å²) in [5, 5.41) is 7.05. The van der Waals surface area contributed by atoms with E-state index in [-0.39, 0.29) is 0 Å². The van der Waals surface area contributed by atoms with Crippen molar-refractivity contribution in [2.45, 2.75) is 6.92 Å². The molecule has 2 rings (SSSR count). The molecule has 0 aliphatic carbocycles. The fourth-order valence-corrected chi connectivity index (χ4v) is 2.79. The van der Waals surface area contributed by atoms with Crippen LogP contribution in [0.4, 0.5) is 5.69 Å². The highest BCUT2D eigenvalue weighted by Crippen LogP contribution is 2.38. The number of rotatable bonds is 1. The van der Waals surface area contributed by atoms with Crippen molar-refractivity contribution in [3.05, 3.63) is 25.6 Å². The van der Waals surface area contributed by atoms with Gasteiger partial charge in [0.1, 0.15) is 0 Å². The molecule has 1 heterocycles. The zero-order valence-corrected chi connectivity index (χ0v) is 12.5. The molecule has 0 amide bonds. The lowest BCUT2D eigenvalue weighted by molar-refractivity contribution is 0.959. The lowest BCUT2D eigenvalue weighted by atomic mass is 10.2. The van der Waals surface area contributed by atoms with Gasteiger partial charge in [-0.3, -0.25) is 4.99 Å². The average Bonchev–Trinajstić information content (AvgIpc) is 2.74. The lowest BCUT2D eigenvalue weighted by Crippen LogP contribution is -2.26. The molecule has 0 fully saturated rings. The molecule has 16 heavy (non-hydrogen) atoms. The number of anilines is 1. The molecule has 0 aromatic heterocycles. The Bertz CT molecular complexity index is 434. The second-order valence-corrected chi connectivity index (χ2v) is 5.45. The number of benzene rings is 1. The fourth-order valence-electron chi connectivity index (χ4n) is 1.44. The van der Waals surface area contributed by atoms with Gasteiger partial charge in [-0.1, -0.05) is 11.6 Å². The lowest BCUT2D eigenvalue weighted by Gasteiger charge is -2.14. The molecular weight excluding hydrogens is 357 g/mol. The van der Waals surface area contributed by atoms with E-state index in [1.807, 2.05) is 13.0 Å². The van der Waals surface area contributed by atoms with Crippen LogP contribution in [0.25, 0.3) is 0 Å². The van der Waals surface area contributed by atoms with Crippen LogP contribution in [0.2, 0.25) is 5.02 Å². The Kier molecular flexibility index (Phi) is 3.77. The predicted molar refractivity (Wildman–Crippen MR) is 75.5 cm³/mol. The number of aliphatic imine (C=N–C) groups is 1. The number of hydrogen-bond acceptors (Lipinski definition) is 3. The minimum atomic E-state index is 0.682. The molecule has 0 saturated carbocycles. The zero-order valence-electron chi connectivity index (χ0n) is 8.57. The summed E-state index contributed by atoms with van der Waals surface area (Å²) in [6.07, 6.45) is 0. The van der Waals surface area contributed by atoms with E-state index in [1.54, 1.807) is 0 Å². The molecule has 86 valence electrons. The Morgan fingerprint density at radius 3 is 2.81 bits per heavy atom. The van der Waals surface area contributed by atoms with Gasteiger partial charge in [0, 0.05) is 11.0 Å². The van der Waals surface area contributed by atoms with E-state index < -0.39 is 0 Å². The number of guanidine groups is 1. The number of aryl methyl sites for hydroxylation is 1. The molecule has 6 heteroatoms. The van der Waals surface area contributed by atoms with Gasteiger partial charge in [-0.15, -0.1) is 0 Å². The maximum absolute atomic E-state index is 6.11. The highest BCUT2D eigenvalue weighted by molar-refractivity contribution is 9.11. The van der Waals surface area contributed by atoms with Crippen LogP contribution in [0.5, 0.6) is 0 Å². The Hall–Kier alpha value is -0.260. The number of nitrogens with one attached hydrogen (secondary N) is 2. The molecule has 1 aliphatic rings. The third kappa shape index (κ3) is 2.36. The van der Waals surface area contributed by atoms with Crippen molar-refractivity contribution in [1.29, 1.82) is 0 Å². The Labute approximate surface area is 116 Å². The van der Waals surface area contributed by atoms with Gasteiger partial charge in [0.2, 0.25) is 0 Å². The molecule has 0 atom stereocenters. The summed E-state index contributed by atoms with van der Waals surface area (Å²) < 4.78 is 1.82. The molecule has 1 aromatic carbocycles. The zero-order chi connectivity index (χ0) is 11.7. The SMILES string of the molecule is Cc1cc(Cl)c(Br)c(NC2=NCCN2)c1Br. The van der Waals surface area contributed by atoms with Crippen molar-refractivity contribution in [1.82, 2.24) is 5.32 Å². The standard InChI is InChI=1S/C10H10Br2ClN3/c1-5-4-6(13)8(12)9(7(5)11)16-10-14-2-3-15-10/h4H,2-3H2,1H3,(H2,14,15,16). The Morgan fingerprint density at radius 2 is 2.19 bits per heavy atom. The van der Waals surface area contributed by atoms with Gasteiger partial charge in [0.05, 0.1) is 21.7 Å². The van der Waals surface area contributed by atoms with E-state index in [1.165, 1.54) is 0 Å². The van der Waals surface area contributed by atoms with E-state index in [2.05, 4.69) is 47.5 Å². The van der Waals surface area contributed by atoms with Crippen LogP contribution >= 0.6 is 43.5 Å². The molecule has 0 saturated heterocycles. The summed E-state index contributed by atoms with van der Waals surface area (Å²) in [6, 6.07) is 1.91. The Balaban J connectivity index is 2.38. The van der Waals surface area contributed by atoms with Crippen LogP contribution in [0.1, 0.15) is 5.56 Å². The Morgan fingerprint density at radius 1 is 1.44 bits per heavy atom. The van der Waals surface area contributed by atoms with Gasteiger partial charge in [-0.05, 0) is 50.4 Å². The smallest absolute Gasteiger partial charge is 0.195 e. The molecular formula is C10H10Br2ClN3. The summed E-state index contributed by atoms with van der Waals surface area (Å²) in [6.45, 7) is 3.67. The van der Waals surface area contributed by atoms with Crippen LogP contribution in [-0.4, -0.2) is 19.0 Å². The van der Waals surface area contributed by atoms with Gasteiger partial charge in [-0.25, -0.2) is 0 Å². The molecule has 3 nitrogen and oxygen atoms in total. The number of nitrogens with zero attached hydrogens (tertiary/aromatic N) is 1. The summed E-state index contributed by atoms with van der Waals surface area (Å²) in [7, 11) is 0. The first-order valence-corrected chi connectivity index (χ1v) is 6.75. The van der Waals surface area contributed by atoms with Crippen LogP contribution in [-0.2, 0) is 0 Å². The fraction of sp³-hybridized carbons (Fsp3) is 0.300. The first kappa shape index (κ1) is 12.2. The molecule has 0 radical (unpaired) electrons. The molecule has 0 unspecified atom stereocenters. The summed E-state index contributed by atoms with van der Waals surface area (Å²) in [4.78, 5) is 4.28. The van der Waals surface area contributed by atoms with Gasteiger partial charge in [0.25, 0.3) is 0 Å². The van der Waals surface area contributed by atoms with Crippen molar-refractivity contribution in [2.24, 2.45) is 4.99 Å². The summed E-state index contributed by atoms with van der Waals surface area (Å²) in [5.74, 6) is 0.781. The molecule has 1 aromatic rings. The van der Waals surface area contributed by atoms with Crippen molar-refractivity contribution in [3.8, 4) is 0 Å². The van der Waals surface area contributed by atoms with Crippen LogP contribution < -0.4 is 10.6 Å². The van der Waals surface area contributed by atoms with Crippen molar-refractivity contribution >= 4 is 55.1 Å². The third-order valence-corrected chi connectivity index (χ3v) is 4.63. The van der Waals surface area contributed by atoms with E-state index in [4.69, 9.17) is 11.6 Å². The monoisotopic (exact) mass is 365 g/mol. The van der Waals surface area contributed by atoms with E-state index in [0.29, 0.717) is 5.02 Å². The highest BCUT2D eigenvalue weighted by Gasteiger charge is 2.14. The van der Waals surface area contributed by atoms with Crippen LogP contribution in [0, 0.1) is 6.92 Å². The average molecular weight is 367 g/mol. The molecule has 0 spiro atoms. The highest BCUT2D eigenvalue weighted by atomic mass is 79.9. The molecule has 2 N–H and O–H groups in total. The van der Waals surface area contributed by atoms with Crippen LogP contribution in [0.3, 0.4) is 0 Å². The topological polar surface area (TPSA) is 36.4 Å². The van der Waals surface area contributed by atoms with E-state index in [9.17, 15) is 0 Å². The van der Waals surface area contributed by atoms with Crippen molar-refractivity contribution in [3.63, 3.8) is 0 Å². The second-order valence-electron chi connectivity index (χ2n) is 3.46.